The van der Waals surface area contributed by atoms with Crippen LogP contribution in [0.1, 0.15) is 43.6 Å². The highest BCUT2D eigenvalue weighted by molar-refractivity contribution is 7.12. The van der Waals surface area contributed by atoms with E-state index >= 15 is 0 Å². The molecule has 0 spiro atoms. The van der Waals surface area contributed by atoms with Crippen LogP contribution in [0.25, 0.3) is 0 Å². The molecule has 1 fully saturated rings. The molecule has 2 heterocycles. The van der Waals surface area contributed by atoms with Crippen molar-refractivity contribution in [2.24, 2.45) is 11.8 Å². The Balaban J connectivity index is 2.26. The number of thiophene rings is 1. The van der Waals surface area contributed by atoms with Crippen molar-refractivity contribution in [1.29, 1.82) is 0 Å². The number of hydrogen-bond donors (Lipinski definition) is 1. The number of carbonyl (C=O) groups is 1. The van der Waals surface area contributed by atoms with Gasteiger partial charge in [0.2, 0.25) is 5.91 Å². The van der Waals surface area contributed by atoms with Gasteiger partial charge in [-0.25, -0.2) is 0 Å². The molecule has 1 aromatic heterocycles. The quantitative estimate of drug-likeness (QED) is 0.919. The van der Waals surface area contributed by atoms with Crippen LogP contribution >= 0.6 is 11.3 Å². The average molecular weight is 280 g/mol. The van der Waals surface area contributed by atoms with Crippen molar-refractivity contribution < 1.29 is 4.79 Å². The van der Waals surface area contributed by atoms with Gasteiger partial charge in [-0.3, -0.25) is 10.1 Å². The fourth-order valence-corrected chi connectivity index (χ4v) is 3.49. The van der Waals surface area contributed by atoms with Gasteiger partial charge in [-0.15, -0.1) is 11.3 Å². The summed E-state index contributed by atoms with van der Waals surface area (Å²) in [7, 11) is 0. The molecule has 0 aromatic carbocycles. The summed E-state index contributed by atoms with van der Waals surface area (Å²) in [5.41, 5.74) is 0. The topological polar surface area (TPSA) is 32.3 Å². The zero-order chi connectivity index (χ0) is 14.2. The number of amides is 1. The molecule has 106 valence electrons. The molecule has 1 aliphatic heterocycles. The number of rotatable bonds is 4. The van der Waals surface area contributed by atoms with E-state index in [9.17, 15) is 4.79 Å². The standard InChI is InChI=1S/C15H24N2OS/c1-9(2)8-17-14(12-7-6-11(5)19-12)16-13(10(3)4)15(17)18/h6-7,9-10,13-14,16H,8H2,1-5H3. The van der Waals surface area contributed by atoms with Crippen molar-refractivity contribution in [3.63, 3.8) is 0 Å². The monoisotopic (exact) mass is 280 g/mol. The van der Waals surface area contributed by atoms with E-state index in [-0.39, 0.29) is 18.1 Å². The van der Waals surface area contributed by atoms with Crippen LogP contribution in [-0.2, 0) is 4.79 Å². The highest BCUT2D eigenvalue weighted by Crippen LogP contribution is 2.32. The van der Waals surface area contributed by atoms with Gasteiger partial charge in [0, 0.05) is 16.3 Å². The van der Waals surface area contributed by atoms with Gasteiger partial charge >= 0.3 is 0 Å². The third-order valence-corrected chi connectivity index (χ3v) is 4.51. The van der Waals surface area contributed by atoms with Gasteiger partial charge in [0.25, 0.3) is 0 Å². The minimum atomic E-state index is -0.0499. The van der Waals surface area contributed by atoms with Crippen molar-refractivity contribution in [3.05, 3.63) is 21.9 Å². The maximum absolute atomic E-state index is 12.5. The third-order valence-electron chi connectivity index (χ3n) is 3.46. The molecule has 0 aliphatic carbocycles. The van der Waals surface area contributed by atoms with Crippen molar-refractivity contribution in [2.45, 2.75) is 46.8 Å². The number of carbonyl (C=O) groups excluding carboxylic acids is 1. The van der Waals surface area contributed by atoms with Gasteiger partial charge in [-0.2, -0.15) is 0 Å². The summed E-state index contributed by atoms with van der Waals surface area (Å²) in [5.74, 6) is 1.06. The second kappa shape index (κ2) is 5.63. The Morgan fingerprint density at radius 1 is 1.32 bits per heavy atom. The van der Waals surface area contributed by atoms with Gasteiger partial charge in [0.1, 0.15) is 6.17 Å². The summed E-state index contributed by atoms with van der Waals surface area (Å²) < 4.78 is 0. The number of nitrogens with one attached hydrogen (secondary N) is 1. The zero-order valence-electron chi connectivity index (χ0n) is 12.4. The summed E-state index contributed by atoms with van der Waals surface area (Å²) in [6.45, 7) is 11.4. The zero-order valence-corrected chi connectivity index (χ0v) is 13.3. The Bertz CT molecular complexity index is 453. The molecule has 0 radical (unpaired) electrons. The van der Waals surface area contributed by atoms with Crippen LogP contribution in [0.15, 0.2) is 12.1 Å². The van der Waals surface area contributed by atoms with Gasteiger partial charge in [-0.05, 0) is 30.9 Å². The number of nitrogens with zero attached hydrogens (tertiary/aromatic N) is 1. The lowest BCUT2D eigenvalue weighted by atomic mass is 10.0. The van der Waals surface area contributed by atoms with Crippen LogP contribution in [0.4, 0.5) is 0 Å². The molecule has 2 unspecified atom stereocenters. The maximum atomic E-state index is 12.5. The van der Waals surface area contributed by atoms with Gasteiger partial charge in [0.15, 0.2) is 0 Å². The highest BCUT2D eigenvalue weighted by atomic mass is 32.1. The Morgan fingerprint density at radius 2 is 2.00 bits per heavy atom. The largest absolute Gasteiger partial charge is 0.320 e. The smallest absolute Gasteiger partial charge is 0.241 e. The predicted molar refractivity (Wildman–Crippen MR) is 80.1 cm³/mol. The Kier molecular flexibility index (Phi) is 4.31. The third kappa shape index (κ3) is 3.00. The van der Waals surface area contributed by atoms with Crippen LogP contribution in [-0.4, -0.2) is 23.4 Å². The van der Waals surface area contributed by atoms with Crippen molar-refractivity contribution >= 4 is 17.2 Å². The molecule has 2 rings (SSSR count). The average Bonchev–Trinajstić information content (AvgIpc) is 2.84. The molecule has 19 heavy (non-hydrogen) atoms. The van der Waals surface area contributed by atoms with E-state index in [0.29, 0.717) is 11.8 Å². The van der Waals surface area contributed by atoms with E-state index in [0.717, 1.165) is 6.54 Å². The molecule has 1 amide bonds. The lowest BCUT2D eigenvalue weighted by Crippen LogP contribution is -2.35. The molecule has 0 bridgehead atoms. The molecule has 1 aliphatic rings. The van der Waals surface area contributed by atoms with Gasteiger partial charge < -0.3 is 4.90 Å². The first-order valence-corrected chi connectivity index (χ1v) is 7.84. The first kappa shape index (κ1) is 14.5. The van der Waals surface area contributed by atoms with Crippen molar-refractivity contribution in [2.75, 3.05) is 6.54 Å². The molecule has 1 aromatic rings. The molecular formula is C15H24N2OS. The van der Waals surface area contributed by atoms with Crippen LogP contribution in [0.3, 0.4) is 0 Å². The summed E-state index contributed by atoms with van der Waals surface area (Å²) >= 11 is 1.78. The van der Waals surface area contributed by atoms with Crippen LogP contribution < -0.4 is 5.32 Å². The van der Waals surface area contributed by atoms with E-state index < -0.39 is 0 Å². The summed E-state index contributed by atoms with van der Waals surface area (Å²) in [5, 5.41) is 3.51. The number of aryl methyl sites for hydroxylation is 1. The fourth-order valence-electron chi connectivity index (χ4n) is 2.54. The second-order valence-electron chi connectivity index (χ2n) is 6.12. The lowest BCUT2D eigenvalue weighted by molar-refractivity contribution is -0.131. The van der Waals surface area contributed by atoms with Crippen molar-refractivity contribution in [1.82, 2.24) is 10.2 Å². The molecule has 0 saturated carbocycles. The molecule has 3 nitrogen and oxygen atoms in total. The SMILES string of the molecule is Cc1ccc(C2NC(C(C)C)C(=O)N2CC(C)C)s1. The fraction of sp³-hybridized carbons (Fsp3) is 0.667. The highest BCUT2D eigenvalue weighted by Gasteiger charge is 2.41. The van der Waals surface area contributed by atoms with E-state index in [1.54, 1.807) is 11.3 Å². The maximum Gasteiger partial charge on any atom is 0.241 e. The minimum absolute atomic E-state index is 0.0499. The summed E-state index contributed by atoms with van der Waals surface area (Å²) in [6.07, 6.45) is 0.0565. The molecule has 1 saturated heterocycles. The lowest BCUT2D eigenvalue weighted by Gasteiger charge is -2.25. The van der Waals surface area contributed by atoms with Crippen LogP contribution in [0.5, 0.6) is 0 Å². The number of hydrogen-bond acceptors (Lipinski definition) is 3. The van der Waals surface area contributed by atoms with Crippen molar-refractivity contribution in [3.8, 4) is 0 Å². The van der Waals surface area contributed by atoms with E-state index in [2.05, 4.69) is 52.1 Å². The van der Waals surface area contributed by atoms with Gasteiger partial charge in [0.05, 0.1) is 6.04 Å². The molecule has 4 heteroatoms. The van der Waals surface area contributed by atoms with Crippen LogP contribution in [0, 0.1) is 18.8 Å². The van der Waals surface area contributed by atoms with Crippen LogP contribution in [0.2, 0.25) is 0 Å². The summed E-state index contributed by atoms with van der Waals surface area (Å²) in [4.78, 5) is 17.1. The molecular weight excluding hydrogens is 256 g/mol. The summed E-state index contributed by atoms with van der Waals surface area (Å²) in [6, 6.07) is 4.22. The first-order valence-electron chi connectivity index (χ1n) is 7.03. The van der Waals surface area contributed by atoms with E-state index in [4.69, 9.17) is 0 Å². The molecule has 1 N–H and O–H groups in total. The second-order valence-corrected chi connectivity index (χ2v) is 7.44. The van der Waals surface area contributed by atoms with Gasteiger partial charge in [-0.1, -0.05) is 27.7 Å². The Morgan fingerprint density at radius 3 is 2.47 bits per heavy atom. The predicted octanol–water partition coefficient (Wildman–Crippen LogP) is 3.17. The first-order chi connectivity index (χ1) is 8.90. The normalized spacial score (nSPS) is 23.9. The minimum Gasteiger partial charge on any atom is -0.320 e. The van der Waals surface area contributed by atoms with E-state index in [1.165, 1.54) is 9.75 Å². The Labute approximate surface area is 120 Å². The molecule has 2 atom stereocenters. The van der Waals surface area contributed by atoms with E-state index in [1.807, 2.05) is 4.90 Å². The Hall–Kier alpha value is -0.870.